The van der Waals surface area contributed by atoms with Gasteiger partial charge in [0.15, 0.2) is 0 Å². The first-order valence-corrected chi connectivity index (χ1v) is 11.1. The monoisotopic (exact) mass is 458 g/mol. The molecule has 1 saturated heterocycles. The van der Waals surface area contributed by atoms with Crippen molar-refractivity contribution in [2.45, 2.75) is 26.3 Å². The minimum absolute atomic E-state index is 0.0330. The fourth-order valence-electron chi connectivity index (χ4n) is 3.43. The van der Waals surface area contributed by atoms with Gasteiger partial charge in [-0.1, -0.05) is 23.7 Å². The van der Waals surface area contributed by atoms with Crippen molar-refractivity contribution in [3.05, 3.63) is 53.6 Å². The highest BCUT2D eigenvalue weighted by Crippen LogP contribution is 2.29. The molecule has 0 atom stereocenters. The minimum Gasteiger partial charge on any atom is -0.456 e. The number of carbonyl (C=O) groups is 2. The second-order valence-corrected chi connectivity index (χ2v) is 9.36. The average Bonchev–Trinajstić information content (AvgIpc) is 2.71. The van der Waals surface area contributed by atoms with Crippen molar-refractivity contribution in [3.63, 3.8) is 0 Å². The third kappa shape index (κ3) is 7.82. The van der Waals surface area contributed by atoms with Crippen molar-refractivity contribution in [2.24, 2.45) is 0 Å². The molecule has 7 nitrogen and oxygen atoms in total. The summed E-state index contributed by atoms with van der Waals surface area (Å²) in [4.78, 5) is 28.7. The van der Waals surface area contributed by atoms with E-state index in [1.165, 1.54) is 0 Å². The number of carbonyl (C=O) groups excluding carboxylic acids is 2. The van der Waals surface area contributed by atoms with Crippen LogP contribution in [-0.2, 0) is 9.59 Å². The quantitative estimate of drug-likeness (QED) is 0.663. The molecule has 1 aliphatic heterocycles. The molecule has 1 fully saturated rings. The van der Waals surface area contributed by atoms with Crippen molar-refractivity contribution >= 4 is 29.1 Å². The Morgan fingerprint density at radius 1 is 0.906 bits per heavy atom. The standard InChI is InChI=1S/C24H31ClN4O3/c1-24(2,3)27-23(31)17-29-14-12-28(13-15-29)16-22(30)26-18-8-10-19(11-9-18)32-21-7-5-4-6-20(21)25/h4-11H,12-17H2,1-3H3,(H,26,30)(H,27,31). The minimum atomic E-state index is -0.226. The van der Waals surface area contributed by atoms with Gasteiger partial charge >= 0.3 is 0 Å². The van der Waals surface area contributed by atoms with Crippen molar-refractivity contribution in [3.8, 4) is 11.5 Å². The van der Waals surface area contributed by atoms with Crippen LogP contribution in [0.5, 0.6) is 11.5 Å². The lowest BCUT2D eigenvalue weighted by atomic mass is 10.1. The molecule has 0 radical (unpaired) electrons. The third-order valence-corrected chi connectivity index (χ3v) is 5.23. The SMILES string of the molecule is CC(C)(C)NC(=O)CN1CCN(CC(=O)Nc2ccc(Oc3ccccc3Cl)cc2)CC1. The van der Waals surface area contributed by atoms with Crippen LogP contribution in [0.3, 0.4) is 0 Å². The van der Waals surface area contributed by atoms with Gasteiger partial charge in [0.05, 0.1) is 18.1 Å². The number of nitrogens with one attached hydrogen (secondary N) is 2. The zero-order valence-corrected chi connectivity index (χ0v) is 19.6. The first kappa shape index (κ1) is 24.0. The molecule has 0 unspecified atom stereocenters. The third-order valence-electron chi connectivity index (χ3n) is 4.92. The van der Waals surface area contributed by atoms with Gasteiger partial charge in [0, 0.05) is 37.4 Å². The van der Waals surface area contributed by atoms with E-state index in [2.05, 4.69) is 20.4 Å². The molecule has 8 heteroatoms. The van der Waals surface area contributed by atoms with Gasteiger partial charge in [0.1, 0.15) is 11.5 Å². The summed E-state index contributed by atoms with van der Waals surface area (Å²) < 4.78 is 5.77. The molecule has 2 amide bonds. The van der Waals surface area contributed by atoms with E-state index >= 15 is 0 Å². The molecule has 2 aromatic rings. The summed E-state index contributed by atoms with van der Waals surface area (Å²) in [6.45, 7) is 9.65. The predicted molar refractivity (Wildman–Crippen MR) is 127 cm³/mol. The van der Waals surface area contributed by atoms with Crippen molar-refractivity contribution < 1.29 is 14.3 Å². The molecule has 3 rings (SSSR count). The highest BCUT2D eigenvalue weighted by molar-refractivity contribution is 6.32. The summed E-state index contributed by atoms with van der Waals surface area (Å²) in [6, 6.07) is 14.5. The fourth-order valence-corrected chi connectivity index (χ4v) is 3.61. The van der Waals surface area contributed by atoms with Crippen LogP contribution >= 0.6 is 11.6 Å². The van der Waals surface area contributed by atoms with Gasteiger partial charge in [-0.2, -0.15) is 0 Å². The van der Waals surface area contributed by atoms with Crippen LogP contribution in [0.2, 0.25) is 5.02 Å². The summed E-state index contributed by atoms with van der Waals surface area (Å²) in [7, 11) is 0. The topological polar surface area (TPSA) is 73.9 Å². The number of piperazine rings is 1. The number of anilines is 1. The fraction of sp³-hybridized carbons (Fsp3) is 0.417. The Bertz CT molecular complexity index is 920. The summed E-state index contributed by atoms with van der Waals surface area (Å²) in [5.74, 6) is 1.19. The lowest BCUT2D eigenvalue weighted by molar-refractivity contribution is -0.124. The van der Waals surface area contributed by atoms with Crippen LogP contribution < -0.4 is 15.4 Å². The van der Waals surface area contributed by atoms with E-state index in [0.717, 1.165) is 26.2 Å². The number of para-hydroxylation sites is 1. The molecule has 2 aromatic carbocycles. The van der Waals surface area contributed by atoms with Gasteiger partial charge in [-0.3, -0.25) is 19.4 Å². The summed E-state index contributed by atoms with van der Waals surface area (Å²) in [5.41, 5.74) is 0.481. The molecule has 0 bridgehead atoms. The normalized spacial score (nSPS) is 15.2. The van der Waals surface area contributed by atoms with E-state index in [4.69, 9.17) is 16.3 Å². The smallest absolute Gasteiger partial charge is 0.238 e. The molecular weight excluding hydrogens is 428 g/mol. The molecule has 0 spiro atoms. The molecule has 0 aliphatic carbocycles. The summed E-state index contributed by atoms with van der Waals surface area (Å²) in [6.07, 6.45) is 0. The van der Waals surface area contributed by atoms with E-state index in [-0.39, 0.29) is 17.4 Å². The number of benzene rings is 2. The molecule has 1 aliphatic rings. The number of ether oxygens (including phenoxy) is 1. The summed E-state index contributed by atoms with van der Waals surface area (Å²) in [5, 5.41) is 6.45. The van der Waals surface area contributed by atoms with E-state index in [1.807, 2.05) is 32.9 Å². The number of rotatable bonds is 7. The number of hydrogen-bond donors (Lipinski definition) is 2. The largest absolute Gasteiger partial charge is 0.456 e. The number of hydrogen-bond acceptors (Lipinski definition) is 5. The van der Waals surface area contributed by atoms with Crippen molar-refractivity contribution in [1.82, 2.24) is 15.1 Å². The van der Waals surface area contributed by atoms with E-state index in [0.29, 0.717) is 35.3 Å². The Balaban J connectivity index is 1.40. The summed E-state index contributed by atoms with van der Waals surface area (Å²) >= 11 is 6.12. The number of amides is 2. The van der Waals surface area contributed by atoms with Crippen molar-refractivity contribution in [2.75, 3.05) is 44.6 Å². The zero-order valence-electron chi connectivity index (χ0n) is 18.9. The van der Waals surface area contributed by atoms with Crippen LogP contribution in [-0.4, -0.2) is 66.4 Å². The lowest BCUT2D eigenvalue weighted by Gasteiger charge is -2.34. The van der Waals surface area contributed by atoms with Gasteiger partial charge in [-0.15, -0.1) is 0 Å². The maximum atomic E-state index is 12.4. The van der Waals surface area contributed by atoms with Crippen molar-refractivity contribution in [1.29, 1.82) is 0 Å². The van der Waals surface area contributed by atoms with Crippen LogP contribution in [0, 0.1) is 0 Å². The van der Waals surface area contributed by atoms with Gasteiger partial charge in [-0.05, 0) is 57.2 Å². The maximum absolute atomic E-state index is 12.4. The molecule has 2 N–H and O–H groups in total. The second kappa shape index (κ2) is 10.8. The van der Waals surface area contributed by atoms with Crippen LogP contribution in [0.4, 0.5) is 5.69 Å². The lowest BCUT2D eigenvalue weighted by Crippen LogP contribution is -2.52. The van der Waals surface area contributed by atoms with Crippen LogP contribution in [0.25, 0.3) is 0 Å². The van der Waals surface area contributed by atoms with E-state index < -0.39 is 0 Å². The molecule has 32 heavy (non-hydrogen) atoms. The zero-order chi connectivity index (χ0) is 23.1. The first-order chi connectivity index (χ1) is 15.2. The molecule has 172 valence electrons. The van der Waals surface area contributed by atoms with Gasteiger partial charge < -0.3 is 15.4 Å². The Labute approximate surface area is 194 Å². The van der Waals surface area contributed by atoms with Crippen LogP contribution in [0.1, 0.15) is 20.8 Å². The number of nitrogens with zero attached hydrogens (tertiary/aromatic N) is 2. The second-order valence-electron chi connectivity index (χ2n) is 8.96. The van der Waals surface area contributed by atoms with Gasteiger partial charge in [-0.25, -0.2) is 0 Å². The molecular formula is C24H31ClN4O3. The Kier molecular flexibility index (Phi) is 8.12. The molecule has 0 aromatic heterocycles. The highest BCUT2D eigenvalue weighted by atomic mass is 35.5. The maximum Gasteiger partial charge on any atom is 0.238 e. The van der Waals surface area contributed by atoms with Gasteiger partial charge in [0.2, 0.25) is 11.8 Å². The van der Waals surface area contributed by atoms with E-state index in [1.54, 1.807) is 36.4 Å². The average molecular weight is 459 g/mol. The number of halogens is 1. The van der Waals surface area contributed by atoms with Gasteiger partial charge in [0.25, 0.3) is 0 Å². The Hall–Kier alpha value is -2.61. The highest BCUT2D eigenvalue weighted by Gasteiger charge is 2.22. The Morgan fingerprint density at radius 2 is 1.47 bits per heavy atom. The predicted octanol–water partition coefficient (Wildman–Crippen LogP) is 3.60. The van der Waals surface area contributed by atoms with Crippen LogP contribution in [0.15, 0.2) is 48.5 Å². The first-order valence-electron chi connectivity index (χ1n) is 10.8. The molecule has 0 saturated carbocycles. The Morgan fingerprint density at radius 3 is 2.03 bits per heavy atom. The molecule has 1 heterocycles. The van der Waals surface area contributed by atoms with E-state index in [9.17, 15) is 9.59 Å².